The number of rotatable bonds is 5. The Morgan fingerprint density at radius 3 is 2.44 bits per heavy atom. The van der Waals surface area contributed by atoms with Crippen molar-refractivity contribution in [1.82, 2.24) is 9.29 Å². The van der Waals surface area contributed by atoms with E-state index in [0.717, 1.165) is 32.1 Å². The lowest BCUT2D eigenvalue weighted by molar-refractivity contribution is 0.0732. The zero-order valence-corrected chi connectivity index (χ0v) is 17.4. The number of halogens is 1. The smallest absolute Gasteiger partial charge is 0.343 e. The molecular formula is C19H21BrN2O4S. The predicted octanol–water partition coefficient (Wildman–Crippen LogP) is 4.02. The van der Waals surface area contributed by atoms with Gasteiger partial charge in [-0.1, -0.05) is 19.3 Å². The molecule has 0 aliphatic heterocycles. The van der Waals surface area contributed by atoms with Crippen LogP contribution in [-0.2, 0) is 10.0 Å². The Morgan fingerprint density at radius 1 is 1.15 bits per heavy atom. The molecule has 0 atom stereocenters. The number of ether oxygens (including phenoxy) is 1. The van der Waals surface area contributed by atoms with Crippen LogP contribution >= 0.6 is 15.9 Å². The lowest BCUT2D eigenvalue weighted by atomic mass is 9.96. The molecule has 6 nitrogen and oxygen atoms in total. The summed E-state index contributed by atoms with van der Waals surface area (Å²) in [5, 5.41) is 0. The largest absolute Gasteiger partial charge is 0.420 e. The molecule has 0 bridgehead atoms. The van der Waals surface area contributed by atoms with Crippen molar-refractivity contribution in [3.8, 4) is 5.75 Å². The maximum Gasteiger partial charge on any atom is 0.343 e. The monoisotopic (exact) mass is 452 g/mol. The Kier molecular flexibility index (Phi) is 6.29. The van der Waals surface area contributed by atoms with E-state index in [9.17, 15) is 13.2 Å². The highest BCUT2D eigenvalue weighted by atomic mass is 79.9. The molecule has 1 fully saturated rings. The fourth-order valence-corrected chi connectivity index (χ4v) is 4.92. The summed E-state index contributed by atoms with van der Waals surface area (Å²) in [5.74, 6) is -0.274. The highest BCUT2D eigenvalue weighted by Crippen LogP contribution is 2.27. The van der Waals surface area contributed by atoms with Crippen LogP contribution in [-0.4, -0.2) is 36.8 Å². The summed E-state index contributed by atoms with van der Waals surface area (Å²) in [6.07, 6.45) is 6.62. The number of hydrogen-bond acceptors (Lipinski definition) is 5. The Labute approximate surface area is 167 Å². The molecule has 0 radical (unpaired) electrons. The summed E-state index contributed by atoms with van der Waals surface area (Å²) in [5.41, 5.74) is 0.269. The molecule has 2 aromatic rings. The minimum Gasteiger partial charge on any atom is -0.420 e. The van der Waals surface area contributed by atoms with E-state index in [1.165, 1.54) is 28.6 Å². The first-order valence-corrected chi connectivity index (χ1v) is 11.0. The molecule has 1 aliphatic carbocycles. The first-order valence-electron chi connectivity index (χ1n) is 8.80. The predicted molar refractivity (Wildman–Crippen MR) is 105 cm³/mol. The fourth-order valence-electron chi connectivity index (χ4n) is 3.18. The Bertz CT molecular complexity index is 910. The first-order chi connectivity index (χ1) is 12.9. The van der Waals surface area contributed by atoms with E-state index in [0.29, 0.717) is 10.4 Å². The third-order valence-corrected chi connectivity index (χ3v) is 7.30. The molecule has 3 rings (SSSR count). The molecule has 0 amide bonds. The van der Waals surface area contributed by atoms with Crippen LogP contribution in [0.5, 0.6) is 5.75 Å². The number of benzene rings is 1. The van der Waals surface area contributed by atoms with Crippen molar-refractivity contribution in [3.63, 3.8) is 0 Å². The van der Waals surface area contributed by atoms with Gasteiger partial charge in [0, 0.05) is 19.3 Å². The van der Waals surface area contributed by atoms with Gasteiger partial charge in [-0.15, -0.1) is 0 Å². The normalized spacial score (nSPS) is 15.7. The molecular weight excluding hydrogens is 432 g/mol. The van der Waals surface area contributed by atoms with E-state index < -0.39 is 16.0 Å². The second-order valence-corrected chi connectivity index (χ2v) is 9.27. The van der Waals surface area contributed by atoms with Gasteiger partial charge in [0.1, 0.15) is 4.60 Å². The van der Waals surface area contributed by atoms with E-state index in [1.807, 2.05) is 0 Å². The van der Waals surface area contributed by atoms with Crippen molar-refractivity contribution in [2.45, 2.75) is 43.0 Å². The number of carbonyl (C=O) groups is 1. The summed E-state index contributed by atoms with van der Waals surface area (Å²) < 4.78 is 32.9. The van der Waals surface area contributed by atoms with E-state index >= 15 is 0 Å². The lowest BCUT2D eigenvalue weighted by Gasteiger charge is -2.30. The lowest BCUT2D eigenvalue weighted by Crippen LogP contribution is -2.38. The minimum absolute atomic E-state index is 0.0383. The van der Waals surface area contributed by atoms with E-state index in [4.69, 9.17) is 4.74 Å². The number of nitrogens with zero attached hydrogens (tertiary/aromatic N) is 2. The summed E-state index contributed by atoms with van der Waals surface area (Å²) in [6.45, 7) is 0. The van der Waals surface area contributed by atoms with E-state index in [1.54, 1.807) is 25.4 Å². The summed E-state index contributed by atoms with van der Waals surface area (Å²) in [7, 11) is -1.95. The van der Waals surface area contributed by atoms with Crippen LogP contribution in [0.4, 0.5) is 0 Å². The second-order valence-electron chi connectivity index (χ2n) is 6.52. The molecule has 1 aromatic carbocycles. The maximum atomic E-state index is 12.8. The van der Waals surface area contributed by atoms with Crippen molar-refractivity contribution < 1.29 is 17.9 Å². The van der Waals surface area contributed by atoms with Crippen molar-refractivity contribution >= 4 is 31.9 Å². The van der Waals surface area contributed by atoms with Gasteiger partial charge >= 0.3 is 5.97 Å². The highest BCUT2D eigenvalue weighted by Gasteiger charge is 2.29. The quantitative estimate of drug-likeness (QED) is 0.505. The molecule has 144 valence electrons. The molecule has 27 heavy (non-hydrogen) atoms. The minimum atomic E-state index is -3.58. The number of pyridine rings is 1. The van der Waals surface area contributed by atoms with Gasteiger partial charge in [-0.3, -0.25) is 0 Å². The zero-order valence-electron chi connectivity index (χ0n) is 15.0. The van der Waals surface area contributed by atoms with Gasteiger partial charge in [-0.05, 0) is 65.2 Å². The third-order valence-electron chi connectivity index (χ3n) is 4.78. The summed E-state index contributed by atoms with van der Waals surface area (Å²) in [4.78, 5) is 16.4. The van der Waals surface area contributed by atoms with Crippen molar-refractivity contribution in [2.24, 2.45) is 0 Å². The molecule has 1 saturated carbocycles. The third kappa shape index (κ3) is 4.56. The molecule has 1 aliphatic rings. The molecule has 0 N–H and O–H groups in total. The van der Waals surface area contributed by atoms with Gasteiger partial charge in [0.15, 0.2) is 5.75 Å². The first kappa shape index (κ1) is 20.0. The molecule has 0 unspecified atom stereocenters. The fraction of sp³-hybridized carbons (Fsp3) is 0.368. The average Bonchev–Trinajstić information content (AvgIpc) is 2.70. The average molecular weight is 453 g/mol. The van der Waals surface area contributed by atoms with Crippen molar-refractivity contribution in [2.75, 3.05) is 7.05 Å². The topological polar surface area (TPSA) is 76.6 Å². The zero-order chi connectivity index (χ0) is 19.4. The number of esters is 1. The van der Waals surface area contributed by atoms with Gasteiger partial charge in [0.25, 0.3) is 0 Å². The Morgan fingerprint density at radius 2 is 1.81 bits per heavy atom. The summed E-state index contributed by atoms with van der Waals surface area (Å²) in [6, 6.07) is 9.14. The van der Waals surface area contributed by atoms with Gasteiger partial charge in [-0.2, -0.15) is 4.31 Å². The molecule has 1 heterocycles. The Hall–Kier alpha value is -1.77. The van der Waals surface area contributed by atoms with Crippen molar-refractivity contribution in [1.29, 1.82) is 0 Å². The molecule has 0 saturated heterocycles. The SMILES string of the molecule is CN(C1CCCCC1)S(=O)(=O)c1ccc(C(=O)Oc2cccnc2Br)cc1. The van der Waals surface area contributed by atoms with E-state index in [2.05, 4.69) is 20.9 Å². The van der Waals surface area contributed by atoms with Crippen molar-refractivity contribution in [3.05, 3.63) is 52.8 Å². The number of aromatic nitrogens is 1. The number of hydrogen-bond donors (Lipinski definition) is 0. The number of sulfonamides is 1. The Balaban J connectivity index is 1.74. The van der Waals surface area contributed by atoms with Gasteiger partial charge in [0.2, 0.25) is 10.0 Å². The van der Waals surface area contributed by atoms with Crippen LogP contribution < -0.4 is 4.74 Å². The van der Waals surface area contributed by atoms with Crippen LogP contribution in [0, 0.1) is 0 Å². The molecule has 0 spiro atoms. The standard InChI is InChI=1S/C19H21BrN2O4S/c1-22(15-6-3-2-4-7-15)27(24,25)16-11-9-14(10-12-16)19(23)26-17-8-5-13-21-18(17)20/h5,8-13,15H,2-4,6-7H2,1H3. The van der Waals surface area contributed by atoms with Crippen LogP contribution in [0.3, 0.4) is 0 Å². The van der Waals surface area contributed by atoms with Crippen LogP contribution in [0.2, 0.25) is 0 Å². The highest BCUT2D eigenvalue weighted by molar-refractivity contribution is 9.10. The maximum absolute atomic E-state index is 12.8. The van der Waals surface area contributed by atoms with Crippen LogP contribution in [0.1, 0.15) is 42.5 Å². The molecule has 8 heteroatoms. The van der Waals surface area contributed by atoms with Crippen LogP contribution in [0.15, 0.2) is 52.1 Å². The van der Waals surface area contributed by atoms with E-state index in [-0.39, 0.29) is 16.5 Å². The van der Waals surface area contributed by atoms with Gasteiger partial charge in [0.05, 0.1) is 10.5 Å². The summed E-state index contributed by atoms with van der Waals surface area (Å²) >= 11 is 3.22. The van der Waals surface area contributed by atoms with Crippen LogP contribution in [0.25, 0.3) is 0 Å². The van der Waals surface area contributed by atoms with Gasteiger partial charge < -0.3 is 4.74 Å². The molecule has 1 aromatic heterocycles. The second kappa shape index (κ2) is 8.50. The van der Waals surface area contributed by atoms with Gasteiger partial charge in [-0.25, -0.2) is 18.2 Å². The number of carbonyl (C=O) groups excluding carboxylic acids is 1.